The van der Waals surface area contributed by atoms with Crippen LogP contribution in [0.15, 0.2) is 0 Å². The summed E-state index contributed by atoms with van der Waals surface area (Å²) in [6.07, 6.45) is 3.39. The Bertz CT molecular complexity index is 331. The normalized spacial score (nSPS) is 16.0. The number of rotatable bonds is 2. The Labute approximate surface area is 76.0 Å². The van der Waals surface area contributed by atoms with Gasteiger partial charge in [-0.05, 0) is 30.8 Å². The summed E-state index contributed by atoms with van der Waals surface area (Å²) in [4.78, 5) is 1.15. The van der Waals surface area contributed by atoms with Gasteiger partial charge in [-0.25, -0.2) is 0 Å². The zero-order chi connectivity index (χ0) is 8.55. The third-order valence-corrected chi connectivity index (χ3v) is 3.19. The van der Waals surface area contributed by atoms with Crippen LogP contribution in [0.5, 0.6) is 0 Å². The molecule has 1 fully saturated rings. The Balaban J connectivity index is 2.42. The van der Waals surface area contributed by atoms with Crippen LogP contribution in [0.3, 0.4) is 0 Å². The van der Waals surface area contributed by atoms with Gasteiger partial charge in [0.15, 0.2) is 0 Å². The minimum Gasteiger partial charge on any atom is -0.196 e. The second-order valence-corrected chi connectivity index (χ2v) is 3.96. The van der Waals surface area contributed by atoms with Crippen molar-refractivity contribution in [3.8, 4) is 6.07 Å². The molecule has 2 nitrogen and oxygen atoms in total. The molecule has 0 spiro atoms. The van der Waals surface area contributed by atoms with Crippen molar-refractivity contribution in [1.29, 1.82) is 5.26 Å². The molecule has 0 saturated heterocycles. The summed E-state index contributed by atoms with van der Waals surface area (Å²) >= 11 is 1.50. The fourth-order valence-electron chi connectivity index (χ4n) is 1.33. The van der Waals surface area contributed by atoms with Gasteiger partial charge in [0.1, 0.15) is 6.07 Å². The second kappa shape index (κ2) is 2.87. The van der Waals surface area contributed by atoms with E-state index in [1.54, 1.807) is 0 Å². The standard InChI is InChI=1S/C9H10N2S/c1-2-8-7(5-10)9(11-12-8)6-3-4-6/h6H,2-4H2,1H3. The Morgan fingerprint density at radius 1 is 1.67 bits per heavy atom. The van der Waals surface area contributed by atoms with Crippen LogP contribution in [0.4, 0.5) is 0 Å². The minimum atomic E-state index is 0.608. The van der Waals surface area contributed by atoms with E-state index in [1.165, 1.54) is 24.4 Å². The number of aromatic nitrogens is 1. The molecule has 0 aliphatic heterocycles. The first-order chi connectivity index (χ1) is 5.86. The van der Waals surface area contributed by atoms with Gasteiger partial charge in [0.25, 0.3) is 0 Å². The van der Waals surface area contributed by atoms with Crippen LogP contribution in [0.1, 0.15) is 41.8 Å². The van der Waals surface area contributed by atoms with Crippen molar-refractivity contribution in [2.24, 2.45) is 0 Å². The SMILES string of the molecule is CCc1snc(C2CC2)c1C#N. The summed E-state index contributed by atoms with van der Waals surface area (Å²) in [6.45, 7) is 2.07. The van der Waals surface area contributed by atoms with E-state index in [0.717, 1.165) is 22.6 Å². The molecular weight excluding hydrogens is 168 g/mol. The van der Waals surface area contributed by atoms with Crippen LogP contribution >= 0.6 is 11.5 Å². The van der Waals surface area contributed by atoms with E-state index in [1.807, 2.05) is 0 Å². The summed E-state index contributed by atoms with van der Waals surface area (Å²) in [5.41, 5.74) is 1.93. The number of hydrogen-bond acceptors (Lipinski definition) is 3. The average molecular weight is 178 g/mol. The molecule has 0 bridgehead atoms. The molecule has 0 aromatic carbocycles. The maximum absolute atomic E-state index is 8.91. The van der Waals surface area contributed by atoms with E-state index < -0.39 is 0 Å². The first kappa shape index (κ1) is 7.75. The molecule has 62 valence electrons. The Kier molecular flexibility index (Phi) is 1.86. The summed E-state index contributed by atoms with van der Waals surface area (Å²) in [5.74, 6) is 0.608. The van der Waals surface area contributed by atoms with E-state index in [4.69, 9.17) is 5.26 Å². The van der Waals surface area contributed by atoms with E-state index in [0.29, 0.717) is 5.92 Å². The van der Waals surface area contributed by atoms with E-state index in [-0.39, 0.29) is 0 Å². The zero-order valence-electron chi connectivity index (χ0n) is 7.00. The maximum Gasteiger partial charge on any atom is 0.102 e. The van der Waals surface area contributed by atoms with Crippen molar-refractivity contribution in [3.05, 3.63) is 16.1 Å². The minimum absolute atomic E-state index is 0.608. The molecule has 3 heteroatoms. The summed E-state index contributed by atoms with van der Waals surface area (Å²) in [7, 11) is 0. The second-order valence-electron chi connectivity index (χ2n) is 3.11. The molecule has 2 rings (SSSR count). The molecule has 1 aliphatic rings. The van der Waals surface area contributed by atoms with Gasteiger partial charge < -0.3 is 0 Å². The van der Waals surface area contributed by atoms with Gasteiger partial charge in [0.05, 0.1) is 11.3 Å². The lowest BCUT2D eigenvalue weighted by Gasteiger charge is -1.91. The quantitative estimate of drug-likeness (QED) is 0.697. The predicted octanol–water partition coefficient (Wildman–Crippen LogP) is 2.45. The average Bonchev–Trinajstić information content (AvgIpc) is 2.85. The van der Waals surface area contributed by atoms with Crippen LogP contribution in [-0.2, 0) is 6.42 Å². The summed E-state index contributed by atoms with van der Waals surface area (Å²) < 4.78 is 4.34. The molecule has 0 radical (unpaired) electrons. The van der Waals surface area contributed by atoms with Gasteiger partial charge in [0.2, 0.25) is 0 Å². The molecular formula is C9H10N2S. The van der Waals surface area contributed by atoms with E-state index in [2.05, 4.69) is 17.4 Å². The van der Waals surface area contributed by atoms with Gasteiger partial charge in [-0.15, -0.1) is 0 Å². The van der Waals surface area contributed by atoms with Crippen LogP contribution in [0, 0.1) is 11.3 Å². The van der Waals surface area contributed by atoms with E-state index >= 15 is 0 Å². The number of aryl methyl sites for hydroxylation is 1. The Morgan fingerprint density at radius 3 is 2.92 bits per heavy atom. The third-order valence-electron chi connectivity index (χ3n) is 2.19. The lowest BCUT2D eigenvalue weighted by molar-refractivity contribution is 1.05. The molecule has 1 saturated carbocycles. The van der Waals surface area contributed by atoms with Crippen molar-refractivity contribution in [2.75, 3.05) is 0 Å². The molecule has 12 heavy (non-hydrogen) atoms. The van der Waals surface area contributed by atoms with Crippen molar-refractivity contribution in [1.82, 2.24) is 4.37 Å². The fraction of sp³-hybridized carbons (Fsp3) is 0.556. The monoisotopic (exact) mass is 178 g/mol. The lowest BCUT2D eigenvalue weighted by Crippen LogP contribution is -1.85. The highest BCUT2D eigenvalue weighted by Crippen LogP contribution is 2.42. The van der Waals surface area contributed by atoms with Crippen molar-refractivity contribution >= 4 is 11.5 Å². The smallest absolute Gasteiger partial charge is 0.102 e. The molecule has 0 N–H and O–H groups in total. The predicted molar refractivity (Wildman–Crippen MR) is 48.2 cm³/mol. The molecule has 0 unspecified atom stereocenters. The van der Waals surface area contributed by atoms with Gasteiger partial charge in [-0.3, -0.25) is 0 Å². The number of nitrogens with zero attached hydrogens (tertiary/aromatic N) is 2. The first-order valence-electron chi connectivity index (χ1n) is 4.25. The van der Waals surface area contributed by atoms with Gasteiger partial charge in [0, 0.05) is 10.8 Å². The fourth-order valence-corrected chi connectivity index (χ4v) is 2.15. The topological polar surface area (TPSA) is 36.7 Å². The highest BCUT2D eigenvalue weighted by molar-refractivity contribution is 7.06. The molecule has 1 aromatic rings. The lowest BCUT2D eigenvalue weighted by atomic mass is 10.1. The van der Waals surface area contributed by atoms with Crippen molar-refractivity contribution < 1.29 is 0 Å². The molecule has 1 heterocycles. The van der Waals surface area contributed by atoms with Crippen molar-refractivity contribution in [3.63, 3.8) is 0 Å². The molecule has 1 aromatic heterocycles. The Hall–Kier alpha value is -0.880. The summed E-state index contributed by atoms with van der Waals surface area (Å²) in [5, 5.41) is 8.91. The molecule has 0 amide bonds. The Morgan fingerprint density at radius 2 is 2.42 bits per heavy atom. The first-order valence-corrected chi connectivity index (χ1v) is 5.02. The zero-order valence-corrected chi connectivity index (χ0v) is 7.82. The number of nitriles is 1. The largest absolute Gasteiger partial charge is 0.196 e. The summed E-state index contributed by atoms with van der Waals surface area (Å²) in [6, 6.07) is 2.26. The van der Waals surface area contributed by atoms with E-state index in [9.17, 15) is 0 Å². The van der Waals surface area contributed by atoms with Crippen LogP contribution in [0.2, 0.25) is 0 Å². The van der Waals surface area contributed by atoms with Crippen molar-refractivity contribution in [2.45, 2.75) is 32.1 Å². The van der Waals surface area contributed by atoms with Crippen LogP contribution in [0.25, 0.3) is 0 Å². The van der Waals surface area contributed by atoms with Gasteiger partial charge >= 0.3 is 0 Å². The number of hydrogen-bond donors (Lipinski definition) is 0. The van der Waals surface area contributed by atoms with Crippen LogP contribution < -0.4 is 0 Å². The molecule has 1 aliphatic carbocycles. The highest BCUT2D eigenvalue weighted by atomic mass is 32.1. The highest BCUT2D eigenvalue weighted by Gasteiger charge is 2.29. The van der Waals surface area contributed by atoms with Gasteiger partial charge in [-0.1, -0.05) is 6.92 Å². The van der Waals surface area contributed by atoms with Crippen LogP contribution in [-0.4, -0.2) is 4.37 Å². The third kappa shape index (κ3) is 1.12. The van der Waals surface area contributed by atoms with Gasteiger partial charge in [-0.2, -0.15) is 9.64 Å². The maximum atomic E-state index is 8.91. The molecule has 0 atom stereocenters.